The smallest absolute Gasteiger partial charge is 0.0106 e. The monoisotopic (exact) mass is 213 g/mol. The van der Waals surface area contributed by atoms with Crippen molar-refractivity contribution >= 4 is 0 Å². The van der Waals surface area contributed by atoms with Crippen LogP contribution in [0.25, 0.3) is 0 Å². The summed E-state index contributed by atoms with van der Waals surface area (Å²) in [5.41, 5.74) is 0. The molecule has 1 saturated heterocycles. The standard InChI is InChI=1S/C12H27N3/c1-11(2)15(3)8-7-14-10-12-5-4-6-13-9-12/h11-14H,4-10H2,1-3H3. The van der Waals surface area contributed by atoms with Crippen LogP contribution in [0.15, 0.2) is 0 Å². The molecular weight excluding hydrogens is 186 g/mol. The largest absolute Gasteiger partial charge is 0.316 e. The van der Waals surface area contributed by atoms with Crippen LogP contribution < -0.4 is 10.6 Å². The molecule has 0 aromatic carbocycles. The zero-order valence-electron chi connectivity index (χ0n) is 10.6. The highest BCUT2D eigenvalue weighted by molar-refractivity contribution is 4.71. The molecule has 0 spiro atoms. The van der Waals surface area contributed by atoms with E-state index in [0.717, 1.165) is 19.0 Å². The minimum absolute atomic E-state index is 0.656. The minimum atomic E-state index is 0.656. The number of piperidine rings is 1. The van der Waals surface area contributed by atoms with E-state index in [4.69, 9.17) is 0 Å². The molecule has 1 aliphatic rings. The van der Waals surface area contributed by atoms with Gasteiger partial charge >= 0.3 is 0 Å². The minimum Gasteiger partial charge on any atom is -0.316 e. The van der Waals surface area contributed by atoms with Crippen LogP contribution in [-0.4, -0.2) is 50.7 Å². The molecule has 1 atom stereocenters. The predicted octanol–water partition coefficient (Wildman–Crippen LogP) is 0.916. The summed E-state index contributed by atoms with van der Waals surface area (Å²) in [7, 11) is 2.19. The maximum atomic E-state index is 3.56. The lowest BCUT2D eigenvalue weighted by atomic mass is 10.00. The lowest BCUT2D eigenvalue weighted by Crippen LogP contribution is -2.39. The van der Waals surface area contributed by atoms with Crippen LogP contribution in [0, 0.1) is 5.92 Å². The van der Waals surface area contributed by atoms with E-state index in [-0.39, 0.29) is 0 Å². The number of hydrogen-bond acceptors (Lipinski definition) is 3. The van der Waals surface area contributed by atoms with Crippen molar-refractivity contribution in [3.8, 4) is 0 Å². The predicted molar refractivity (Wildman–Crippen MR) is 66.2 cm³/mol. The van der Waals surface area contributed by atoms with E-state index in [9.17, 15) is 0 Å². The van der Waals surface area contributed by atoms with Crippen LogP contribution in [0.2, 0.25) is 0 Å². The second-order valence-corrected chi connectivity index (χ2v) is 4.99. The molecule has 2 N–H and O–H groups in total. The summed E-state index contributed by atoms with van der Waals surface area (Å²) in [6, 6.07) is 0.656. The Morgan fingerprint density at radius 1 is 1.47 bits per heavy atom. The van der Waals surface area contributed by atoms with Gasteiger partial charge in [-0.15, -0.1) is 0 Å². The van der Waals surface area contributed by atoms with Gasteiger partial charge in [-0.2, -0.15) is 0 Å². The average Bonchev–Trinajstić information content (AvgIpc) is 2.25. The molecule has 3 heteroatoms. The van der Waals surface area contributed by atoms with E-state index in [0.29, 0.717) is 6.04 Å². The first-order chi connectivity index (χ1) is 7.20. The number of likely N-dealkylation sites (N-methyl/N-ethyl adjacent to an activating group) is 1. The maximum absolute atomic E-state index is 3.56. The molecule has 0 radical (unpaired) electrons. The van der Waals surface area contributed by atoms with Gasteiger partial charge in [0.2, 0.25) is 0 Å². The topological polar surface area (TPSA) is 27.3 Å². The SMILES string of the molecule is CC(C)N(C)CCNCC1CCCNC1. The van der Waals surface area contributed by atoms with Crippen molar-refractivity contribution in [1.82, 2.24) is 15.5 Å². The lowest BCUT2D eigenvalue weighted by molar-refractivity contribution is 0.267. The van der Waals surface area contributed by atoms with Crippen molar-refractivity contribution in [3.63, 3.8) is 0 Å². The molecule has 3 nitrogen and oxygen atoms in total. The van der Waals surface area contributed by atoms with Crippen molar-refractivity contribution in [1.29, 1.82) is 0 Å². The highest BCUT2D eigenvalue weighted by Crippen LogP contribution is 2.07. The third kappa shape index (κ3) is 5.50. The summed E-state index contributed by atoms with van der Waals surface area (Å²) in [6.07, 6.45) is 2.73. The molecule has 1 fully saturated rings. The van der Waals surface area contributed by atoms with Crippen molar-refractivity contribution in [3.05, 3.63) is 0 Å². The lowest BCUT2D eigenvalue weighted by Gasteiger charge is -2.24. The van der Waals surface area contributed by atoms with E-state index in [1.165, 1.54) is 32.5 Å². The summed E-state index contributed by atoms with van der Waals surface area (Å²) in [5, 5.41) is 7.01. The number of rotatable bonds is 6. The summed E-state index contributed by atoms with van der Waals surface area (Å²) in [4.78, 5) is 2.38. The first kappa shape index (κ1) is 12.9. The fraction of sp³-hybridized carbons (Fsp3) is 1.00. The van der Waals surface area contributed by atoms with Crippen LogP contribution in [-0.2, 0) is 0 Å². The van der Waals surface area contributed by atoms with E-state index >= 15 is 0 Å². The second kappa shape index (κ2) is 7.20. The molecule has 90 valence electrons. The zero-order valence-corrected chi connectivity index (χ0v) is 10.6. The van der Waals surface area contributed by atoms with Gasteiger partial charge in [0, 0.05) is 19.1 Å². The molecular formula is C12H27N3. The van der Waals surface area contributed by atoms with Crippen LogP contribution in [0.4, 0.5) is 0 Å². The van der Waals surface area contributed by atoms with E-state index in [1.54, 1.807) is 0 Å². The molecule has 15 heavy (non-hydrogen) atoms. The highest BCUT2D eigenvalue weighted by Gasteiger charge is 2.11. The average molecular weight is 213 g/mol. The van der Waals surface area contributed by atoms with Gasteiger partial charge < -0.3 is 15.5 Å². The van der Waals surface area contributed by atoms with Gasteiger partial charge in [0.05, 0.1) is 0 Å². The van der Waals surface area contributed by atoms with Gasteiger partial charge in [0.15, 0.2) is 0 Å². The zero-order chi connectivity index (χ0) is 11.1. The van der Waals surface area contributed by atoms with Gasteiger partial charge in [-0.3, -0.25) is 0 Å². The Morgan fingerprint density at radius 3 is 2.87 bits per heavy atom. The Labute approximate surface area is 94.6 Å². The number of hydrogen-bond donors (Lipinski definition) is 2. The van der Waals surface area contributed by atoms with Gasteiger partial charge in [-0.25, -0.2) is 0 Å². The van der Waals surface area contributed by atoms with Crippen LogP contribution >= 0.6 is 0 Å². The third-order valence-corrected chi connectivity index (χ3v) is 3.35. The maximum Gasteiger partial charge on any atom is 0.0106 e. The summed E-state index contributed by atoms with van der Waals surface area (Å²) in [5.74, 6) is 0.850. The highest BCUT2D eigenvalue weighted by atomic mass is 15.1. The molecule has 0 bridgehead atoms. The number of nitrogens with one attached hydrogen (secondary N) is 2. The molecule has 1 rings (SSSR count). The number of nitrogens with zero attached hydrogens (tertiary/aromatic N) is 1. The van der Waals surface area contributed by atoms with Gasteiger partial charge in [-0.05, 0) is 59.3 Å². The molecule has 0 amide bonds. The molecule has 0 saturated carbocycles. The first-order valence-electron chi connectivity index (χ1n) is 6.32. The molecule has 1 heterocycles. The van der Waals surface area contributed by atoms with E-state index in [1.807, 2.05) is 0 Å². The normalized spacial score (nSPS) is 22.6. The van der Waals surface area contributed by atoms with Crippen LogP contribution in [0.3, 0.4) is 0 Å². The fourth-order valence-corrected chi connectivity index (χ4v) is 1.92. The van der Waals surface area contributed by atoms with Crippen molar-refractivity contribution in [2.75, 3.05) is 39.8 Å². The molecule has 0 aromatic heterocycles. The molecule has 1 unspecified atom stereocenters. The molecule has 0 aliphatic carbocycles. The third-order valence-electron chi connectivity index (χ3n) is 3.35. The van der Waals surface area contributed by atoms with Gasteiger partial charge in [-0.1, -0.05) is 0 Å². The first-order valence-corrected chi connectivity index (χ1v) is 6.32. The van der Waals surface area contributed by atoms with Crippen molar-refractivity contribution in [2.24, 2.45) is 5.92 Å². The van der Waals surface area contributed by atoms with Crippen molar-refractivity contribution in [2.45, 2.75) is 32.7 Å². The van der Waals surface area contributed by atoms with Crippen molar-refractivity contribution < 1.29 is 0 Å². The summed E-state index contributed by atoms with van der Waals surface area (Å²) < 4.78 is 0. The Balaban J connectivity index is 1.96. The second-order valence-electron chi connectivity index (χ2n) is 4.99. The van der Waals surface area contributed by atoms with E-state index < -0.39 is 0 Å². The van der Waals surface area contributed by atoms with Crippen LogP contribution in [0.1, 0.15) is 26.7 Å². The quantitative estimate of drug-likeness (QED) is 0.642. The summed E-state index contributed by atoms with van der Waals surface area (Å²) >= 11 is 0. The molecule has 1 aliphatic heterocycles. The Kier molecular flexibility index (Phi) is 6.22. The van der Waals surface area contributed by atoms with Gasteiger partial charge in [0.25, 0.3) is 0 Å². The van der Waals surface area contributed by atoms with Gasteiger partial charge in [0.1, 0.15) is 0 Å². The van der Waals surface area contributed by atoms with Crippen LogP contribution in [0.5, 0.6) is 0 Å². The summed E-state index contributed by atoms with van der Waals surface area (Å²) in [6.45, 7) is 10.3. The van der Waals surface area contributed by atoms with E-state index in [2.05, 4.69) is 36.4 Å². The fourth-order valence-electron chi connectivity index (χ4n) is 1.92. The Morgan fingerprint density at radius 2 is 2.27 bits per heavy atom. The molecule has 0 aromatic rings. The Bertz CT molecular complexity index is 153. The Hall–Kier alpha value is -0.120.